The molecule has 0 aromatic heterocycles. The number of benzene rings is 1. The summed E-state index contributed by atoms with van der Waals surface area (Å²) in [5, 5.41) is 9.44. The average molecular weight is 165 g/mol. The van der Waals surface area contributed by atoms with Crippen LogP contribution in [-0.2, 0) is 6.42 Å². The van der Waals surface area contributed by atoms with Crippen molar-refractivity contribution >= 4 is 0 Å². The lowest BCUT2D eigenvalue weighted by molar-refractivity contribution is 0.259. The minimum Gasteiger partial charge on any atom is -0.508 e. The Morgan fingerprint density at radius 1 is 1.50 bits per heavy atom. The highest BCUT2D eigenvalue weighted by atomic mass is 16.5. The maximum absolute atomic E-state index is 9.44. The Bertz CT molecular complexity index is 299. The number of phenolic OH excluding ortho intramolecular Hbond substituents is 1. The van der Waals surface area contributed by atoms with Crippen molar-refractivity contribution in [3.05, 3.63) is 23.8 Å². The van der Waals surface area contributed by atoms with Gasteiger partial charge in [-0.15, -0.1) is 0 Å². The van der Waals surface area contributed by atoms with Crippen molar-refractivity contribution in [1.82, 2.24) is 0 Å². The largest absolute Gasteiger partial charge is 0.508 e. The molecule has 0 amide bonds. The van der Waals surface area contributed by atoms with E-state index in [9.17, 15) is 5.11 Å². The molecule has 1 atom stereocenters. The molecule has 0 bridgehead atoms. The Hall–Kier alpha value is -1.22. The van der Waals surface area contributed by atoms with E-state index in [4.69, 9.17) is 10.5 Å². The molecule has 2 rings (SSSR count). The van der Waals surface area contributed by atoms with Crippen molar-refractivity contribution in [2.75, 3.05) is 6.61 Å². The Kier molecular flexibility index (Phi) is 1.66. The Balaban J connectivity index is 2.43. The zero-order chi connectivity index (χ0) is 8.55. The van der Waals surface area contributed by atoms with E-state index in [2.05, 4.69) is 0 Å². The monoisotopic (exact) mass is 165 g/mol. The molecule has 1 aromatic rings. The van der Waals surface area contributed by atoms with Gasteiger partial charge in [-0.3, -0.25) is 0 Å². The van der Waals surface area contributed by atoms with E-state index in [0.29, 0.717) is 13.0 Å². The van der Waals surface area contributed by atoms with Gasteiger partial charge in [0.05, 0.1) is 0 Å². The number of fused-ring (bicyclic) bond motifs is 1. The molecule has 0 fully saturated rings. The van der Waals surface area contributed by atoms with E-state index < -0.39 is 0 Å². The SMILES string of the molecule is N[C@@H]1COc2cccc(O)c2C1. The highest BCUT2D eigenvalue weighted by molar-refractivity contribution is 5.45. The average Bonchev–Trinajstić information content (AvgIpc) is 2.07. The summed E-state index contributed by atoms with van der Waals surface area (Å²) in [6.07, 6.45) is 0.696. The van der Waals surface area contributed by atoms with Gasteiger partial charge in [-0.05, 0) is 18.6 Å². The van der Waals surface area contributed by atoms with Crippen molar-refractivity contribution in [3.63, 3.8) is 0 Å². The lowest BCUT2D eigenvalue weighted by Gasteiger charge is -2.22. The molecule has 0 saturated heterocycles. The Morgan fingerprint density at radius 3 is 3.17 bits per heavy atom. The number of nitrogens with two attached hydrogens (primary N) is 1. The maximum Gasteiger partial charge on any atom is 0.126 e. The van der Waals surface area contributed by atoms with E-state index in [1.165, 1.54) is 0 Å². The summed E-state index contributed by atoms with van der Waals surface area (Å²) >= 11 is 0. The topological polar surface area (TPSA) is 55.5 Å². The van der Waals surface area contributed by atoms with Gasteiger partial charge in [0.15, 0.2) is 0 Å². The van der Waals surface area contributed by atoms with Crippen LogP contribution in [0.1, 0.15) is 5.56 Å². The quantitative estimate of drug-likeness (QED) is 0.593. The molecule has 0 saturated carbocycles. The van der Waals surface area contributed by atoms with E-state index in [-0.39, 0.29) is 11.8 Å². The molecule has 3 nitrogen and oxygen atoms in total. The second kappa shape index (κ2) is 2.68. The predicted molar refractivity (Wildman–Crippen MR) is 45.3 cm³/mol. The molecule has 1 aliphatic rings. The molecular formula is C9H11NO2. The van der Waals surface area contributed by atoms with Crippen LogP contribution in [0.15, 0.2) is 18.2 Å². The van der Waals surface area contributed by atoms with Crippen LogP contribution in [0.5, 0.6) is 11.5 Å². The van der Waals surface area contributed by atoms with Gasteiger partial charge in [0.25, 0.3) is 0 Å². The summed E-state index contributed by atoms with van der Waals surface area (Å²) in [5.74, 6) is 1.04. The minimum absolute atomic E-state index is 0.00537. The van der Waals surface area contributed by atoms with Gasteiger partial charge < -0.3 is 15.6 Å². The number of ether oxygens (including phenoxy) is 1. The molecule has 0 radical (unpaired) electrons. The van der Waals surface area contributed by atoms with Gasteiger partial charge in [0.1, 0.15) is 18.1 Å². The van der Waals surface area contributed by atoms with Crippen LogP contribution < -0.4 is 10.5 Å². The third-order valence-electron chi connectivity index (χ3n) is 2.03. The fourth-order valence-corrected chi connectivity index (χ4v) is 1.41. The fourth-order valence-electron chi connectivity index (χ4n) is 1.41. The third-order valence-corrected chi connectivity index (χ3v) is 2.03. The Labute approximate surface area is 70.8 Å². The summed E-state index contributed by atoms with van der Waals surface area (Å²) in [6.45, 7) is 0.538. The zero-order valence-corrected chi connectivity index (χ0v) is 6.66. The van der Waals surface area contributed by atoms with Gasteiger partial charge in [0.2, 0.25) is 0 Å². The molecule has 12 heavy (non-hydrogen) atoms. The number of aromatic hydroxyl groups is 1. The summed E-state index contributed by atoms with van der Waals surface area (Å²) < 4.78 is 5.33. The summed E-state index contributed by atoms with van der Waals surface area (Å²) in [7, 11) is 0. The van der Waals surface area contributed by atoms with Crippen molar-refractivity contribution in [1.29, 1.82) is 0 Å². The second-order valence-corrected chi connectivity index (χ2v) is 3.03. The smallest absolute Gasteiger partial charge is 0.126 e. The van der Waals surface area contributed by atoms with Crippen LogP contribution in [0.25, 0.3) is 0 Å². The standard InChI is InChI=1S/C9H11NO2/c10-6-4-7-8(11)2-1-3-9(7)12-5-6/h1-3,6,11H,4-5,10H2/t6-/m0/s1. The summed E-state index contributed by atoms with van der Waals surface area (Å²) in [4.78, 5) is 0. The molecule has 0 aliphatic carbocycles. The molecule has 1 aliphatic heterocycles. The fraction of sp³-hybridized carbons (Fsp3) is 0.333. The molecule has 0 spiro atoms. The van der Waals surface area contributed by atoms with E-state index in [1.807, 2.05) is 6.07 Å². The van der Waals surface area contributed by atoms with E-state index in [1.54, 1.807) is 12.1 Å². The van der Waals surface area contributed by atoms with Gasteiger partial charge in [-0.25, -0.2) is 0 Å². The molecule has 64 valence electrons. The summed E-state index contributed by atoms with van der Waals surface area (Å²) in [6, 6.07) is 5.28. The van der Waals surface area contributed by atoms with E-state index >= 15 is 0 Å². The van der Waals surface area contributed by atoms with Crippen LogP contribution in [0.4, 0.5) is 0 Å². The highest BCUT2D eigenvalue weighted by Gasteiger charge is 2.18. The van der Waals surface area contributed by atoms with Gasteiger partial charge >= 0.3 is 0 Å². The van der Waals surface area contributed by atoms with Crippen molar-refractivity contribution in [2.24, 2.45) is 5.73 Å². The normalized spacial score (nSPS) is 21.2. The van der Waals surface area contributed by atoms with Gasteiger partial charge in [0, 0.05) is 11.6 Å². The Morgan fingerprint density at radius 2 is 2.33 bits per heavy atom. The number of phenols is 1. The van der Waals surface area contributed by atoms with Crippen LogP contribution in [0.2, 0.25) is 0 Å². The highest BCUT2D eigenvalue weighted by Crippen LogP contribution is 2.31. The first kappa shape index (κ1) is 7.43. The van der Waals surface area contributed by atoms with Crippen LogP contribution in [0, 0.1) is 0 Å². The lowest BCUT2D eigenvalue weighted by atomic mass is 10.0. The number of hydrogen-bond acceptors (Lipinski definition) is 3. The van der Waals surface area contributed by atoms with Crippen molar-refractivity contribution in [3.8, 4) is 11.5 Å². The first-order chi connectivity index (χ1) is 5.77. The predicted octanol–water partition coefficient (Wildman–Crippen LogP) is 0.654. The lowest BCUT2D eigenvalue weighted by Crippen LogP contribution is -2.33. The first-order valence-electron chi connectivity index (χ1n) is 3.96. The number of rotatable bonds is 0. The first-order valence-corrected chi connectivity index (χ1v) is 3.96. The third kappa shape index (κ3) is 1.12. The van der Waals surface area contributed by atoms with Crippen LogP contribution in [-0.4, -0.2) is 17.8 Å². The van der Waals surface area contributed by atoms with Crippen LogP contribution >= 0.6 is 0 Å². The number of hydrogen-bond donors (Lipinski definition) is 2. The molecule has 1 heterocycles. The molecular weight excluding hydrogens is 154 g/mol. The van der Waals surface area contributed by atoms with Gasteiger partial charge in [-0.2, -0.15) is 0 Å². The maximum atomic E-state index is 9.44. The second-order valence-electron chi connectivity index (χ2n) is 3.03. The molecule has 1 aromatic carbocycles. The minimum atomic E-state index is 0.00537. The van der Waals surface area contributed by atoms with Gasteiger partial charge in [-0.1, -0.05) is 6.07 Å². The molecule has 3 N–H and O–H groups in total. The summed E-state index contributed by atoms with van der Waals surface area (Å²) in [5.41, 5.74) is 6.51. The van der Waals surface area contributed by atoms with Crippen molar-refractivity contribution < 1.29 is 9.84 Å². The zero-order valence-electron chi connectivity index (χ0n) is 6.66. The molecule has 0 unspecified atom stereocenters. The van der Waals surface area contributed by atoms with Crippen molar-refractivity contribution in [2.45, 2.75) is 12.5 Å². The van der Waals surface area contributed by atoms with E-state index in [0.717, 1.165) is 11.3 Å². The molecule has 3 heteroatoms. The van der Waals surface area contributed by atoms with Crippen LogP contribution in [0.3, 0.4) is 0 Å².